The van der Waals surface area contributed by atoms with Gasteiger partial charge in [-0.1, -0.05) is 146 Å². The van der Waals surface area contributed by atoms with Gasteiger partial charge in [0, 0.05) is 12.8 Å². The van der Waals surface area contributed by atoms with E-state index in [4.69, 9.17) is 19.3 Å². The van der Waals surface area contributed by atoms with Crippen LogP contribution in [-0.4, -0.2) is 41.0 Å². The van der Waals surface area contributed by atoms with E-state index in [2.05, 4.69) is 67.0 Å². The van der Waals surface area contributed by atoms with Crippen LogP contribution in [0.3, 0.4) is 0 Å². The Balaban J connectivity index is 4.04. The molecule has 0 aromatic carbocycles. The van der Waals surface area contributed by atoms with Crippen molar-refractivity contribution in [2.75, 3.05) is 13.2 Å². The van der Waals surface area contributed by atoms with Crippen molar-refractivity contribution in [1.82, 2.24) is 0 Å². The van der Waals surface area contributed by atoms with Gasteiger partial charge in [0.05, 0.1) is 6.61 Å². The summed E-state index contributed by atoms with van der Waals surface area (Å²) < 4.78 is 26.3. The highest BCUT2D eigenvalue weighted by Gasteiger charge is 2.22. The lowest BCUT2D eigenvalue weighted by atomic mass is 10.1. The molecule has 0 amide bonds. The molecule has 0 fully saturated rings. The third-order valence-corrected chi connectivity index (χ3v) is 8.56. The molecule has 0 aliphatic rings. The van der Waals surface area contributed by atoms with E-state index in [1.54, 1.807) is 0 Å². The smallest absolute Gasteiger partial charge is 0.462 e. The molecule has 0 saturated heterocycles. The van der Waals surface area contributed by atoms with Gasteiger partial charge in [0.2, 0.25) is 0 Å². The van der Waals surface area contributed by atoms with E-state index in [9.17, 15) is 14.2 Å². The van der Waals surface area contributed by atoms with Crippen LogP contribution in [0.25, 0.3) is 0 Å². The molecule has 0 aromatic rings. The van der Waals surface area contributed by atoms with Crippen LogP contribution in [0, 0.1) is 0 Å². The van der Waals surface area contributed by atoms with Crippen molar-refractivity contribution >= 4 is 19.8 Å². The first-order valence-corrected chi connectivity index (χ1v) is 21.0. The number of esters is 2. The van der Waals surface area contributed by atoms with E-state index >= 15 is 0 Å². The summed E-state index contributed by atoms with van der Waals surface area (Å²) in [6, 6.07) is 0. The minimum Gasteiger partial charge on any atom is -0.462 e. The summed E-state index contributed by atoms with van der Waals surface area (Å²) in [5, 5.41) is 0. The first-order valence-electron chi connectivity index (χ1n) is 19.4. The number of hydrogen-bond acceptors (Lipinski definition) is 6. The van der Waals surface area contributed by atoms with Crippen LogP contribution in [0.1, 0.15) is 174 Å². The van der Waals surface area contributed by atoms with Crippen molar-refractivity contribution in [1.29, 1.82) is 0 Å². The minimum absolute atomic E-state index is 0.186. The van der Waals surface area contributed by atoms with Crippen molar-refractivity contribution in [3.8, 4) is 0 Å². The zero-order valence-electron chi connectivity index (χ0n) is 31.1. The molecule has 0 spiro atoms. The fourth-order valence-corrected chi connectivity index (χ4v) is 5.49. The van der Waals surface area contributed by atoms with Crippen molar-refractivity contribution in [3.05, 3.63) is 48.6 Å². The summed E-state index contributed by atoms with van der Waals surface area (Å²) in [4.78, 5) is 42.7. The second-order valence-electron chi connectivity index (χ2n) is 12.9. The highest BCUT2D eigenvalue weighted by molar-refractivity contribution is 7.46. The molecule has 0 aromatic heterocycles. The molecule has 8 nitrogen and oxygen atoms in total. The molecule has 0 saturated carbocycles. The molecule has 0 rings (SSSR count). The molecule has 0 aliphatic heterocycles. The Labute approximate surface area is 299 Å². The molecule has 0 aliphatic carbocycles. The van der Waals surface area contributed by atoms with E-state index in [1.807, 2.05) is 0 Å². The lowest BCUT2D eigenvalue weighted by Crippen LogP contribution is -2.29. The third-order valence-electron chi connectivity index (χ3n) is 8.07. The molecule has 2 N–H and O–H groups in total. The molecule has 1 atom stereocenters. The second-order valence-corrected chi connectivity index (χ2v) is 14.1. The van der Waals surface area contributed by atoms with Crippen molar-refractivity contribution < 1.29 is 37.9 Å². The van der Waals surface area contributed by atoms with Crippen LogP contribution in [0.2, 0.25) is 0 Å². The predicted molar refractivity (Wildman–Crippen MR) is 202 cm³/mol. The highest BCUT2D eigenvalue weighted by Crippen LogP contribution is 2.36. The lowest BCUT2D eigenvalue weighted by Gasteiger charge is -2.18. The molecule has 0 bridgehead atoms. The molecule has 0 heterocycles. The number of ether oxygens (including phenoxy) is 2. The minimum atomic E-state index is -4.76. The van der Waals surface area contributed by atoms with E-state index in [0.29, 0.717) is 12.8 Å². The number of unbranched alkanes of at least 4 members (excludes halogenated alkanes) is 17. The Kier molecular flexibility index (Phi) is 34.4. The number of rotatable bonds is 35. The second kappa shape index (κ2) is 35.8. The first kappa shape index (κ1) is 47.0. The summed E-state index contributed by atoms with van der Waals surface area (Å²) >= 11 is 0. The topological polar surface area (TPSA) is 119 Å². The lowest BCUT2D eigenvalue weighted by molar-refractivity contribution is -0.161. The quantitative estimate of drug-likeness (QED) is 0.0289. The summed E-state index contributed by atoms with van der Waals surface area (Å²) in [6.07, 6.45) is 42.7. The fourth-order valence-electron chi connectivity index (χ4n) is 5.13. The molecule has 0 radical (unpaired) electrons. The van der Waals surface area contributed by atoms with Gasteiger partial charge in [0.25, 0.3) is 0 Å². The van der Waals surface area contributed by atoms with Crippen LogP contribution in [-0.2, 0) is 28.2 Å². The van der Waals surface area contributed by atoms with Gasteiger partial charge in [-0.2, -0.15) is 0 Å². The van der Waals surface area contributed by atoms with E-state index in [1.165, 1.54) is 70.6 Å². The summed E-state index contributed by atoms with van der Waals surface area (Å²) in [5.41, 5.74) is 0. The van der Waals surface area contributed by atoms with Gasteiger partial charge in [-0.3, -0.25) is 14.1 Å². The zero-order chi connectivity index (χ0) is 36.1. The average Bonchev–Trinajstić information content (AvgIpc) is 3.07. The molecule has 49 heavy (non-hydrogen) atoms. The summed E-state index contributed by atoms with van der Waals surface area (Å²) in [7, 11) is -4.76. The summed E-state index contributed by atoms with van der Waals surface area (Å²) in [5.74, 6) is -0.956. The van der Waals surface area contributed by atoms with E-state index < -0.39 is 32.5 Å². The maximum absolute atomic E-state index is 12.3. The van der Waals surface area contributed by atoms with Gasteiger partial charge in [-0.15, -0.1) is 0 Å². The van der Waals surface area contributed by atoms with E-state index in [0.717, 1.165) is 64.2 Å². The normalized spacial score (nSPS) is 13.0. The van der Waals surface area contributed by atoms with Crippen LogP contribution in [0.4, 0.5) is 0 Å². The summed E-state index contributed by atoms with van der Waals surface area (Å²) in [6.45, 7) is 3.58. The molecule has 9 heteroatoms. The van der Waals surface area contributed by atoms with Gasteiger partial charge in [-0.25, -0.2) is 4.57 Å². The van der Waals surface area contributed by atoms with Crippen molar-refractivity contribution in [2.45, 2.75) is 180 Å². The average molecular weight is 711 g/mol. The van der Waals surface area contributed by atoms with Gasteiger partial charge in [0.1, 0.15) is 6.61 Å². The predicted octanol–water partition coefficient (Wildman–Crippen LogP) is 11.6. The fraction of sp³-hybridized carbons (Fsp3) is 0.750. The van der Waals surface area contributed by atoms with Crippen LogP contribution < -0.4 is 0 Å². The van der Waals surface area contributed by atoms with Crippen molar-refractivity contribution in [2.24, 2.45) is 0 Å². The Bertz CT molecular complexity index is 937. The number of allylic oxidation sites excluding steroid dienone is 8. The zero-order valence-corrected chi connectivity index (χ0v) is 32.0. The van der Waals surface area contributed by atoms with Crippen molar-refractivity contribution in [3.63, 3.8) is 0 Å². The Morgan fingerprint density at radius 2 is 0.959 bits per heavy atom. The standard InChI is InChI=1S/C40H71O8P/c1-3-5-7-9-11-13-15-17-19-20-21-23-24-26-28-30-32-34-39(41)46-36-38(37-47-49(43,44)45)48-40(42)35-33-31-29-27-25-22-18-16-14-12-10-8-6-4-2/h10,12,16,18,21,23,26,28,38H,3-9,11,13-15,17,19-20,22,24-25,27,29-37H2,1-2H3,(H2,43,44,45)/b12-10+,18-16+,23-21+,28-26+/t38-/m1/s1. The number of phosphoric acid groups is 1. The number of hydrogen-bond donors (Lipinski definition) is 2. The van der Waals surface area contributed by atoms with Gasteiger partial charge >= 0.3 is 19.8 Å². The van der Waals surface area contributed by atoms with Crippen LogP contribution >= 0.6 is 7.82 Å². The van der Waals surface area contributed by atoms with Crippen LogP contribution in [0.5, 0.6) is 0 Å². The Morgan fingerprint density at radius 1 is 0.531 bits per heavy atom. The number of carbonyl (C=O) groups is 2. The first-order chi connectivity index (χ1) is 23.8. The number of phosphoric ester groups is 1. The van der Waals surface area contributed by atoms with Gasteiger partial charge in [0.15, 0.2) is 6.10 Å². The monoisotopic (exact) mass is 710 g/mol. The maximum Gasteiger partial charge on any atom is 0.469 e. The third kappa shape index (κ3) is 38.7. The van der Waals surface area contributed by atoms with Gasteiger partial charge in [-0.05, 0) is 64.2 Å². The molecular formula is C40H71O8P. The molecular weight excluding hydrogens is 639 g/mol. The number of carbonyl (C=O) groups excluding carboxylic acids is 2. The van der Waals surface area contributed by atoms with Crippen LogP contribution in [0.15, 0.2) is 48.6 Å². The van der Waals surface area contributed by atoms with Gasteiger partial charge < -0.3 is 19.3 Å². The SMILES string of the molecule is CCCC/C=C/C/C=C/CCCCCCCC(=O)O[C@H](COC(=O)CCC/C=C/C/C=C/CCCCCCCCCCC)COP(=O)(O)O. The molecule has 284 valence electrons. The maximum atomic E-state index is 12.3. The Hall–Kier alpha value is -1.99. The Morgan fingerprint density at radius 3 is 1.47 bits per heavy atom. The largest absolute Gasteiger partial charge is 0.469 e. The molecule has 0 unspecified atom stereocenters. The highest BCUT2D eigenvalue weighted by atomic mass is 31.2. The van der Waals surface area contributed by atoms with E-state index in [-0.39, 0.29) is 19.4 Å².